The molecule has 1 saturated heterocycles. The van der Waals surface area contributed by atoms with Gasteiger partial charge in [-0.1, -0.05) is 50.2 Å². The molecule has 1 unspecified atom stereocenters. The average Bonchev–Trinajstić information content (AvgIpc) is 2.83. The van der Waals surface area contributed by atoms with E-state index in [0.29, 0.717) is 31.0 Å². The van der Waals surface area contributed by atoms with Crippen molar-refractivity contribution >= 4 is 5.96 Å². The third-order valence-corrected chi connectivity index (χ3v) is 5.58. The fraction of sp³-hybridized carbons (Fsp3) is 0.520. The Morgan fingerprint density at radius 3 is 2.62 bits per heavy atom. The van der Waals surface area contributed by atoms with Gasteiger partial charge in [-0.25, -0.2) is 9.98 Å². The summed E-state index contributed by atoms with van der Waals surface area (Å²) in [5.74, 6) is 1.98. The van der Waals surface area contributed by atoms with Crippen LogP contribution in [-0.2, 0) is 17.9 Å². The number of hydrogen-bond donors (Lipinski definition) is 2. The van der Waals surface area contributed by atoms with Gasteiger partial charge in [0.25, 0.3) is 0 Å². The van der Waals surface area contributed by atoms with E-state index in [1.807, 2.05) is 42.5 Å². The van der Waals surface area contributed by atoms with E-state index >= 15 is 0 Å². The number of nitrogens with one attached hydrogen (secondary N) is 2. The molecule has 32 heavy (non-hydrogen) atoms. The molecule has 0 bridgehead atoms. The van der Waals surface area contributed by atoms with E-state index in [2.05, 4.69) is 41.3 Å². The number of benzene rings is 1. The lowest BCUT2D eigenvalue weighted by Gasteiger charge is -2.37. The van der Waals surface area contributed by atoms with Crippen molar-refractivity contribution in [1.82, 2.24) is 20.5 Å². The van der Waals surface area contributed by atoms with Crippen LogP contribution in [-0.4, -0.2) is 61.3 Å². The molecule has 0 saturated carbocycles. The predicted molar refractivity (Wildman–Crippen MR) is 129 cm³/mol. The van der Waals surface area contributed by atoms with E-state index in [4.69, 9.17) is 14.5 Å². The number of hydrogen-bond acceptors (Lipinski definition) is 5. The van der Waals surface area contributed by atoms with Crippen LogP contribution in [0, 0.1) is 5.92 Å². The van der Waals surface area contributed by atoms with Gasteiger partial charge in [0.15, 0.2) is 5.96 Å². The third-order valence-electron chi connectivity index (χ3n) is 5.58. The smallest absolute Gasteiger partial charge is 0.218 e. The minimum atomic E-state index is 0.436. The monoisotopic (exact) mass is 439 g/mol. The largest absolute Gasteiger partial charge is 0.473 e. The molecule has 1 aromatic carbocycles. The molecule has 1 aromatic heterocycles. The van der Waals surface area contributed by atoms with Crippen molar-refractivity contribution in [3.8, 4) is 5.88 Å². The zero-order valence-corrected chi connectivity index (χ0v) is 19.6. The Balaban J connectivity index is 1.61. The Bertz CT molecular complexity index is 822. The number of rotatable bonds is 10. The number of nitrogens with zero attached hydrogens (tertiary/aromatic N) is 3. The molecule has 1 fully saturated rings. The topological polar surface area (TPSA) is 71.0 Å². The van der Waals surface area contributed by atoms with Crippen molar-refractivity contribution < 1.29 is 9.47 Å². The van der Waals surface area contributed by atoms with Crippen LogP contribution in [0.25, 0.3) is 0 Å². The zero-order valence-electron chi connectivity index (χ0n) is 19.6. The molecule has 1 aliphatic heterocycles. The number of morpholine rings is 1. The molecule has 0 amide bonds. The van der Waals surface area contributed by atoms with Gasteiger partial charge in [0.1, 0.15) is 6.61 Å². The summed E-state index contributed by atoms with van der Waals surface area (Å²) in [5, 5.41) is 6.90. The normalized spacial score (nSPS) is 16.1. The van der Waals surface area contributed by atoms with E-state index < -0.39 is 0 Å². The van der Waals surface area contributed by atoms with Crippen LogP contribution >= 0.6 is 0 Å². The van der Waals surface area contributed by atoms with Crippen molar-refractivity contribution in [2.75, 3.05) is 39.4 Å². The minimum absolute atomic E-state index is 0.436. The van der Waals surface area contributed by atoms with Crippen molar-refractivity contribution in [2.45, 2.75) is 40.0 Å². The first-order valence-electron chi connectivity index (χ1n) is 11.6. The standard InChI is InChI=1S/C25H37N5O2/c1-4-26-25(29-18-23(20(2)3)30-13-15-31-16-14-30)28-17-22-11-8-12-27-24(22)32-19-21-9-6-5-7-10-21/h5-12,20,23H,4,13-19H2,1-3H3,(H2,26,28,29). The summed E-state index contributed by atoms with van der Waals surface area (Å²) >= 11 is 0. The Hall–Kier alpha value is -2.64. The quantitative estimate of drug-likeness (QED) is 0.438. The lowest BCUT2D eigenvalue weighted by molar-refractivity contribution is 0.00752. The fourth-order valence-electron chi connectivity index (χ4n) is 3.80. The highest BCUT2D eigenvalue weighted by Gasteiger charge is 2.23. The highest BCUT2D eigenvalue weighted by molar-refractivity contribution is 5.79. The number of aromatic nitrogens is 1. The Kier molecular flexibility index (Phi) is 9.78. The number of aliphatic imine (C=N–C) groups is 1. The molecule has 2 N–H and O–H groups in total. The van der Waals surface area contributed by atoms with Crippen LogP contribution in [0.5, 0.6) is 5.88 Å². The molecule has 0 spiro atoms. The van der Waals surface area contributed by atoms with Crippen LogP contribution in [0.15, 0.2) is 53.7 Å². The van der Waals surface area contributed by atoms with Gasteiger partial charge in [-0.05, 0) is 24.5 Å². The molecule has 0 radical (unpaired) electrons. The third kappa shape index (κ3) is 7.50. The van der Waals surface area contributed by atoms with Crippen LogP contribution in [0.3, 0.4) is 0 Å². The summed E-state index contributed by atoms with van der Waals surface area (Å²) in [5.41, 5.74) is 2.08. The molecule has 3 rings (SSSR count). The maximum absolute atomic E-state index is 5.98. The summed E-state index contributed by atoms with van der Waals surface area (Å²) < 4.78 is 11.5. The summed E-state index contributed by atoms with van der Waals surface area (Å²) in [4.78, 5) is 11.7. The first-order valence-corrected chi connectivity index (χ1v) is 11.6. The van der Waals surface area contributed by atoms with Crippen molar-refractivity contribution in [2.24, 2.45) is 10.9 Å². The summed E-state index contributed by atoms with van der Waals surface area (Å²) in [6.45, 7) is 12.8. The SMILES string of the molecule is CCNC(=NCc1cccnc1OCc1ccccc1)NCC(C(C)C)N1CCOCC1. The summed E-state index contributed by atoms with van der Waals surface area (Å²) in [6, 6.07) is 14.5. The molecule has 1 aliphatic rings. The van der Waals surface area contributed by atoms with Crippen molar-refractivity contribution in [1.29, 1.82) is 0 Å². The molecule has 7 heteroatoms. The highest BCUT2D eigenvalue weighted by atomic mass is 16.5. The maximum Gasteiger partial charge on any atom is 0.218 e. The van der Waals surface area contributed by atoms with E-state index in [-0.39, 0.29) is 0 Å². The van der Waals surface area contributed by atoms with E-state index in [1.54, 1.807) is 6.20 Å². The number of ether oxygens (including phenoxy) is 2. The van der Waals surface area contributed by atoms with Gasteiger partial charge in [-0.3, -0.25) is 4.90 Å². The molecule has 2 aromatic rings. The summed E-state index contributed by atoms with van der Waals surface area (Å²) in [6.07, 6.45) is 1.76. The van der Waals surface area contributed by atoms with Crippen LogP contribution in [0.1, 0.15) is 31.9 Å². The number of pyridine rings is 1. The molecular weight excluding hydrogens is 402 g/mol. The molecule has 174 valence electrons. The van der Waals surface area contributed by atoms with E-state index in [1.165, 1.54) is 0 Å². The molecular formula is C25H37N5O2. The van der Waals surface area contributed by atoms with Gasteiger partial charge in [-0.15, -0.1) is 0 Å². The van der Waals surface area contributed by atoms with Gasteiger partial charge in [0, 0.05) is 44.0 Å². The second kappa shape index (κ2) is 13.0. The van der Waals surface area contributed by atoms with Gasteiger partial charge in [0.2, 0.25) is 5.88 Å². The predicted octanol–water partition coefficient (Wildman–Crippen LogP) is 3.07. The Morgan fingerprint density at radius 2 is 1.91 bits per heavy atom. The second-order valence-corrected chi connectivity index (χ2v) is 8.28. The molecule has 7 nitrogen and oxygen atoms in total. The fourth-order valence-corrected chi connectivity index (χ4v) is 3.80. The van der Waals surface area contributed by atoms with Crippen LogP contribution < -0.4 is 15.4 Å². The lowest BCUT2D eigenvalue weighted by Crippen LogP contribution is -2.52. The van der Waals surface area contributed by atoms with Gasteiger partial charge in [-0.2, -0.15) is 0 Å². The van der Waals surface area contributed by atoms with Crippen molar-refractivity contribution in [3.63, 3.8) is 0 Å². The maximum atomic E-state index is 5.98. The lowest BCUT2D eigenvalue weighted by atomic mass is 10.0. The van der Waals surface area contributed by atoms with E-state index in [9.17, 15) is 0 Å². The van der Waals surface area contributed by atoms with Crippen LogP contribution in [0.4, 0.5) is 0 Å². The Labute approximate surface area is 192 Å². The van der Waals surface area contributed by atoms with E-state index in [0.717, 1.165) is 56.5 Å². The zero-order chi connectivity index (χ0) is 22.6. The summed E-state index contributed by atoms with van der Waals surface area (Å²) in [7, 11) is 0. The molecule has 1 atom stereocenters. The van der Waals surface area contributed by atoms with Gasteiger partial charge < -0.3 is 20.1 Å². The first-order chi connectivity index (χ1) is 15.7. The van der Waals surface area contributed by atoms with Gasteiger partial charge in [0.05, 0.1) is 19.8 Å². The van der Waals surface area contributed by atoms with Crippen LogP contribution in [0.2, 0.25) is 0 Å². The molecule has 0 aliphatic carbocycles. The van der Waals surface area contributed by atoms with Gasteiger partial charge >= 0.3 is 0 Å². The molecule has 2 heterocycles. The average molecular weight is 440 g/mol. The highest BCUT2D eigenvalue weighted by Crippen LogP contribution is 2.17. The minimum Gasteiger partial charge on any atom is -0.473 e. The van der Waals surface area contributed by atoms with Crippen molar-refractivity contribution in [3.05, 3.63) is 59.8 Å². The number of guanidine groups is 1. The Morgan fingerprint density at radius 1 is 1.12 bits per heavy atom. The first kappa shape index (κ1) is 24.0. The second-order valence-electron chi connectivity index (χ2n) is 8.28.